The fraction of sp³-hybridized carbons (Fsp3) is 0.545. The van der Waals surface area contributed by atoms with Gasteiger partial charge in [-0.05, 0) is 6.07 Å². The topological polar surface area (TPSA) is 87.5 Å². The van der Waals surface area contributed by atoms with Crippen LogP contribution in [0.15, 0.2) is 12.3 Å². The number of aryl methyl sites for hydroxylation is 1. The van der Waals surface area contributed by atoms with Gasteiger partial charge in [0.25, 0.3) is 0 Å². The number of nitrogens with zero attached hydrogens (tertiary/aromatic N) is 3. The first-order chi connectivity index (χ1) is 9.09. The summed E-state index contributed by atoms with van der Waals surface area (Å²) in [5, 5.41) is 15.8. The van der Waals surface area contributed by atoms with Gasteiger partial charge in [0.2, 0.25) is 0 Å². The number of rotatable bonds is 4. The van der Waals surface area contributed by atoms with Gasteiger partial charge in [-0.2, -0.15) is 5.10 Å². The molecule has 0 spiro atoms. The van der Waals surface area contributed by atoms with Crippen molar-refractivity contribution >= 4 is 23.8 Å². The van der Waals surface area contributed by atoms with E-state index in [2.05, 4.69) is 10.4 Å². The lowest BCUT2D eigenvalue weighted by Gasteiger charge is -2.20. The van der Waals surface area contributed by atoms with E-state index in [0.717, 1.165) is 5.69 Å². The van der Waals surface area contributed by atoms with E-state index in [1.165, 1.54) is 16.7 Å². The fourth-order valence-corrected chi connectivity index (χ4v) is 3.04. The second-order valence-electron chi connectivity index (χ2n) is 4.25. The zero-order chi connectivity index (χ0) is 13.8. The molecule has 2 amide bonds. The molecule has 1 aromatic rings. The molecule has 1 atom stereocenters. The Morgan fingerprint density at radius 1 is 1.63 bits per heavy atom. The highest BCUT2D eigenvalue weighted by Gasteiger charge is 2.34. The van der Waals surface area contributed by atoms with Gasteiger partial charge in [-0.25, -0.2) is 9.59 Å². The average Bonchev–Trinajstić information content (AvgIpc) is 2.98. The maximum absolute atomic E-state index is 11.9. The second kappa shape index (κ2) is 5.96. The monoisotopic (exact) mass is 284 g/mol. The molecule has 0 saturated carbocycles. The Morgan fingerprint density at radius 3 is 3.05 bits per heavy atom. The molecule has 0 bridgehead atoms. The van der Waals surface area contributed by atoms with Crippen LogP contribution in [0.5, 0.6) is 0 Å². The molecule has 8 heteroatoms. The number of nitrogens with one attached hydrogen (secondary N) is 1. The summed E-state index contributed by atoms with van der Waals surface area (Å²) in [7, 11) is 1.84. The van der Waals surface area contributed by atoms with Crippen molar-refractivity contribution in [3.8, 4) is 0 Å². The molecule has 1 saturated heterocycles. The molecule has 1 fully saturated rings. The molecule has 2 heterocycles. The van der Waals surface area contributed by atoms with Gasteiger partial charge in [-0.15, -0.1) is 11.8 Å². The Morgan fingerprint density at radius 2 is 2.42 bits per heavy atom. The zero-order valence-electron chi connectivity index (χ0n) is 10.6. The number of carbonyl (C=O) groups excluding carboxylic acids is 1. The quantitative estimate of drug-likeness (QED) is 0.820. The first-order valence-corrected chi connectivity index (χ1v) is 7.07. The number of hydrogen-bond donors (Lipinski definition) is 2. The molecule has 1 aliphatic heterocycles. The molecular formula is C11H16N4O3S. The van der Waals surface area contributed by atoms with Crippen LogP contribution < -0.4 is 5.32 Å². The number of carboxylic acids is 1. The van der Waals surface area contributed by atoms with Crippen LogP contribution in [0.3, 0.4) is 0 Å². The lowest BCUT2D eigenvalue weighted by molar-refractivity contribution is -0.140. The number of thioether (sulfide) groups is 1. The van der Waals surface area contributed by atoms with Gasteiger partial charge in [-0.1, -0.05) is 0 Å². The van der Waals surface area contributed by atoms with E-state index in [4.69, 9.17) is 5.11 Å². The summed E-state index contributed by atoms with van der Waals surface area (Å²) < 4.78 is 1.75. The Labute approximate surface area is 115 Å². The predicted octanol–water partition coefficient (Wildman–Crippen LogP) is 0.132. The minimum Gasteiger partial charge on any atom is -0.480 e. The van der Waals surface area contributed by atoms with Crippen molar-refractivity contribution in [3.05, 3.63) is 18.0 Å². The van der Waals surface area contributed by atoms with Gasteiger partial charge in [0.05, 0.1) is 5.88 Å². The second-order valence-corrected chi connectivity index (χ2v) is 5.25. The summed E-state index contributed by atoms with van der Waals surface area (Å²) in [5.74, 6) is -0.0780. The summed E-state index contributed by atoms with van der Waals surface area (Å²) >= 11 is 1.45. The largest absolute Gasteiger partial charge is 0.480 e. The number of aliphatic carboxylic acids is 1. The summed E-state index contributed by atoms with van der Waals surface area (Å²) in [6.45, 7) is 0.464. The molecule has 0 aliphatic carbocycles. The minimum atomic E-state index is -0.952. The first kappa shape index (κ1) is 13.7. The van der Waals surface area contributed by atoms with Gasteiger partial charge in [-0.3, -0.25) is 4.68 Å². The van der Waals surface area contributed by atoms with E-state index < -0.39 is 12.0 Å². The molecular weight excluding hydrogens is 268 g/mol. The third-order valence-electron chi connectivity index (χ3n) is 3.01. The molecule has 0 aromatic carbocycles. The summed E-state index contributed by atoms with van der Waals surface area (Å²) in [4.78, 5) is 24.2. The summed E-state index contributed by atoms with van der Waals surface area (Å²) in [6.07, 6.45) is 2.37. The van der Waals surface area contributed by atoms with Crippen LogP contribution in [0.1, 0.15) is 5.69 Å². The number of hydrogen-bond acceptors (Lipinski definition) is 4. The maximum Gasteiger partial charge on any atom is 0.327 e. The molecule has 19 heavy (non-hydrogen) atoms. The predicted molar refractivity (Wildman–Crippen MR) is 70.9 cm³/mol. The molecule has 1 aromatic heterocycles. The Balaban J connectivity index is 1.81. The third-order valence-corrected chi connectivity index (χ3v) is 4.02. The van der Waals surface area contributed by atoms with E-state index >= 15 is 0 Å². The SMILES string of the molecule is Cn1nccc1CCNC(=O)N1CSCC1C(=O)O. The van der Waals surface area contributed by atoms with Gasteiger partial charge in [0.15, 0.2) is 0 Å². The standard InChI is InChI=1S/C11H16N4O3S/c1-14-8(3-5-13-14)2-4-12-11(18)15-7-19-6-9(15)10(16)17/h3,5,9H,2,4,6-7H2,1H3,(H,12,18)(H,16,17). The summed E-state index contributed by atoms with van der Waals surface area (Å²) in [5.41, 5.74) is 1.02. The highest BCUT2D eigenvalue weighted by atomic mass is 32.2. The van der Waals surface area contributed by atoms with E-state index in [1.807, 2.05) is 13.1 Å². The van der Waals surface area contributed by atoms with Crippen LogP contribution in [0.25, 0.3) is 0 Å². The van der Waals surface area contributed by atoms with Crippen LogP contribution in [0.4, 0.5) is 4.79 Å². The molecule has 2 rings (SSSR count). The van der Waals surface area contributed by atoms with Crippen molar-refractivity contribution < 1.29 is 14.7 Å². The number of carboxylic acid groups (broad SMARTS) is 1. The average molecular weight is 284 g/mol. The van der Waals surface area contributed by atoms with Crippen molar-refractivity contribution in [2.75, 3.05) is 18.2 Å². The van der Waals surface area contributed by atoms with Gasteiger partial charge in [0, 0.05) is 37.7 Å². The van der Waals surface area contributed by atoms with Crippen LogP contribution in [0.2, 0.25) is 0 Å². The zero-order valence-corrected chi connectivity index (χ0v) is 11.4. The van der Waals surface area contributed by atoms with Crippen molar-refractivity contribution in [3.63, 3.8) is 0 Å². The summed E-state index contributed by atoms with van der Waals surface area (Å²) in [6, 6.07) is 0.846. The number of urea groups is 1. The first-order valence-electron chi connectivity index (χ1n) is 5.91. The molecule has 1 aliphatic rings. The molecule has 0 radical (unpaired) electrons. The number of carbonyl (C=O) groups is 2. The Bertz CT molecular complexity index is 476. The smallest absolute Gasteiger partial charge is 0.327 e. The van der Waals surface area contributed by atoms with E-state index in [-0.39, 0.29) is 6.03 Å². The fourth-order valence-electron chi connectivity index (χ4n) is 1.89. The molecule has 1 unspecified atom stereocenters. The van der Waals surface area contributed by atoms with E-state index in [1.54, 1.807) is 10.9 Å². The van der Waals surface area contributed by atoms with Crippen molar-refractivity contribution in [1.29, 1.82) is 0 Å². The molecule has 104 valence electrons. The lowest BCUT2D eigenvalue weighted by atomic mass is 10.3. The van der Waals surface area contributed by atoms with Crippen LogP contribution in [-0.2, 0) is 18.3 Å². The Kier molecular flexibility index (Phi) is 4.31. The number of aromatic nitrogens is 2. The van der Waals surface area contributed by atoms with Crippen molar-refractivity contribution in [2.24, 2.45) is 7.05 Å². The van der Waals surface area contributed by atoms with E-state index in [9.17, 15) is 9.59 Å². The lowest BCUT2D eigenvalue weighted by Crippen LogP contribution is -2.47. The molecule has 2 N–H and O–H groups in total. The Hall–Kier alpha value is -1.70. The van der Waals surface area contributed by atoms with Gasteiger partial charge < -0.3 is 15.3 Å². The van der Waals surface area contributed by atoms with Crippen LogP contribution in [0, 0.1) is 0 Å². The van der Waals surface area contributed by atoms with Crippen LogP contribution >= 0.6 is 11.8 Å². The minimum absolute atomic E-state index is 0.320. The van der Waals surface area contributed by atoms with Gasteiger partial charge in [0.1, 0.15) is 6.04 Å². The highest BCUT2D eigenvalue weighted by Crippen LogP contribution is 2.20. The highest BCUT2D eigenvalue weighted by molar-refractivity contribution is 7.99. The maximum atomic E-state index is 11.9. The van der Waals surface area contributed by atoms with Crippen LogP contribution in [-0.4, -0.2) is 56.0 Å². The molecule has 7 nitrogen and oxygen atoms in total. The van der Waals surface area contributed by atoms with Crippen molar-refractivity contribution in [2.45, 2.75) is 12.5 Å². The normalized spacial score (nSPS) is 18.6. The third kappa shape index (κ3) is 3.19. The van der Waals surface area contributed by atoms with E-state index in [0.29, 0.717) is 24.6 Å². The van der Waals surface area contributed by atoms with Crippen molar-refractivity contribution in [1.82, 2.24) is 20.0 Å². The van der Waals surface area contributed by atoms with Gasteiger partial charge >= 0.3 is 12.0 Å². The number of amides is 2.